The average molecular weight is 321 g/mol. The van der Waals surface area contributed by atoms with E-state index in [2.05, 4.69) is 30.4 Å². The molecule has 0 saturated carbocycles. The summed E-state index contributed by atoms with van der Waals surface area (Å²) >= 11 is 0. The summed E-state index contributed by atoms with van der Waals surface area (Å²) in [6.45, 7) is 1.77. The minimum Gasteiger partial charge on any atom is -0.368 e. The Morgan fingerprint density at radius 1 is 1.08 bits per heavy atom. The van der Waals surface area contributed by atoms with Crippen molar-refractivity contribution in [2.75, 3.05) is 11.1 Å². The van der Waals surface area contributed by atoms with Crippen LogP contribution in [0, 0.1) is 6.92 Å². The molecule has 3 N–H and O–H groups in total. The van der Waals surface area contributed by atoms with Crippen LogP contribution in [0.15, 0.2) is 36.7 Å². The second kappa shape index (κ2) is 5.30. The molecule has 3 aromatic heterocycles. The lowest BCUT2D eigenvalue weighted by Gasteiger charge is -2.09. The normalized spacial score (nSPS) is 11.1. The van der Waals surface area contributed by atoms with Crippen LogP contribution in [0.1, 0.15) is 5.82 Å². The molecule has 0 aliphatic heterocycles. The van der Waals surface area contributed by atoms with Gasteiger partial charge in [0.2, 0.25) is 17.8 Å². The number of rotatable bonds is 3. The second-order valence-corrected chi connectivity index (χ2v) is 5.33. The minimum atomic E-state index is 0.169. The van der Waals surface area contributed by atoms with Crippen LogP contribution in [0.3, 0.4) is 0 Å². The summed E-state index contributed by atoms with van der Waals surface area (Å²) in [5, 5.41) is 7.40. The Morgan fingerprint density at radius 3 is 2.67 bits per heavy atom. The van der Waals surface area contributed by atoms with Gasteiger partial charge in [-0.15, -0.1) is 0 Å². The number of aromatic nitrogens is 7. The molecule has 4 aromatic rings. The maximum Gasteiger partial charge on any atom is 0.242 e. The molecule has 3 heterocycles. The van der Waals surface area contributed by atoms with Crippen molar-refractivity contribution in [3.8, 4) is 5.95 Å². The van der Waals surface area contributed by atoms with Crippen LogP contribution < -0.4 is 11.1 Å². The first-order chi connectivity index (χ1) is 11.6. The van der Waals surface area contributed by atoms with E-state index >= 15 is 0 Å². The number of nitrogens with two attached hydrogens (primary N) is 1. The summed E-state index contributed by atoms with van der Waals surface area (Å²) in [6, 6.07) is 7.75. The van der Waals surface area contributed by atoms with Gasteiger partial charge in [0, 0.05) is 13.2 Å². The van der Waals surface area contributed by atoms with E-state index in [0.717, 1.165) is 16.7 Å². The summed E-state index contributed by atoms with van der Waals surface area (Å²) in [5.74, 6) is 1.71. The zero-order valence-electron chi connectivity index (χ0n) is 13.2. The average Bonchev–Trinajstić information content (AvgIpc) is 3.09. The molecule has 0 aliphatic rings. The predicted molar refractivity (Wildman–Crippen MR) is 90.1 cm³/mol. The fourth-order valence-corrected chi connectivity index (χ4v) is 2.52. The van der Waals surface area contributed by atoms with Crippen molar-refractivity contribution in [1.29, 1.82) is 0 Å². The third-order valence-corrected chi connectivity index (χ3v) is 3.47. The first-order valence-electron chi connectivity index (χ1n) is 7.32. The largest absolute Gasteiger partial charge is 0.368 e. The Balaban J connectivity index is 1.92. The van der Waals surface area contributed by atoms with Crippen LogP contribution in [0.25, 0.3) is 17.0 Å². The van der Waals surface area contributed by atoms with Gasteiger partial charge in [-0.2, -0.15) is 20.1 Å². The number of imidazole rings is 1. The van der Waals surface area contributed by atoms with E-state index in [1.807, 2.05) is 42.1 Å². The molecule has 0 spiro atoms. The number of fused-ring (bicyclic) bond motifs is 1. The topological polar surface area (TPSA) is 112 Å². The van der Waals surface area contributed by atoms with Crippen LogP contribution in [0.5, 0.6) is 0 Å². The number of para-hydroxylation sites is 2. The highest BCUT2D eigenvalue weighted by atomic mass is 15.3. The molecule has 0 radical (unpaired) electrons. The van der Waals surface area contributed by atoms with Crippen LogP contribution in [0.2, 0.25) is 0 Å². The fraction of sp³-hybridized carbons (Fsp3) is 0.133. The molecule has 9 heteroatoms. The Kier molecular flexibility index (Phi) is 3.12. The maximum absolute atomic E-state index is 5.79. The van der Waals surface area contributed by atoms with Crippen molar-refractivity contribution in [3.05, 3.63) is 42.5 Å². The molecule has 120 valence electrons. The lowest BCUT2D eigenvalue weighted by molar-refractivity contribution is 0.768. The van der Waals surface area contributed by atoms with Crippen molar-refractivity contribution in [2.45, 2.75) is 6.92 Å². The molecule has 0 fully saturated rings. The molecule has 24 heavy (non-hydrogen) atoms. The first-order valence-corrected chi connectivity index (χ1v) is 7.32. The van der Waals surface area contributed by atoms with Crippen molar-refractivity contribution in [3.63, 3.8) is 0 Å². The number of aryl methyl sites for hydroxylation is 2. The second-order valence-electron chi connectivity index (χ2n) is 5.33. The highest BCUT2D eigenvalue weighted by Gasteiger charge is 2.16. The lowest BCUT2D eigenvalue weighted by Crippen LogP contribution is -2.09. The Labute approximate surface area is 137 Å². The Bertz CT molecular complexity index is 1010. The Hall–Kier alpha value is -3.49. The van der Waals surface area contributed by atoms with Gasteiger partial charge in [-0.1, -0.05) is 12.1 Å². The van der Waals surface area contributed by atoms with E-state index in [4.69, 9.17) is 5.73 Å². The van der Waals surface area contributed by atoms with Crippen LogP contribution >= 0.6 is 0 Å². The molecule has 9 nitrogen and oxygen atoms in total. The van der Waals surface area contributed by atoms with E-state index in [1.165, 1.54) is 0 Å². The molecule has 0 unspecified atom stereocenters. The van der Waals surface area contributed by atoms with E-state index in [9.17, 15) is 0 Å². The van der Waals surface area contributed by atoms with Gasteiger partial charge >= 0.3 is 0 Å². The van der Waals surface area contributed by atoms with Gasteiger partial charge in [0.1, 0.15) is 5.82 Å². The first kappa shape index (κ1) is 14.1. The number of anilines is 3. The minimum absolute atomic E-state index is 0.169. The van der Waals surface area contributed by atoms with E-state index in [1.54, 1.807) is 17.8 Å². The molecular weight excluding hydrogens is 306 g/mol. The van der Waals surface area contributed by atoms with Gasteiger partial charge in [0.05, 0.1) is 22.9 Å². The summed E-state index contributed by atoms with van der Waals surface area (Å²) in [5.41, 5.74) is 8.29. The monoisotopic (exact) mass is 321 g/mol. The zero-order chi connectivity index (χ0) is 16.7. The molecule has 0 aliphatic carbocycles. The van der Waals surface area contributed by atoms with Gasteiger partial charge in [0.25, 0.3) is 0 Å². The SMILES string of the molecule is Cc1nc(N)nc(-n2c(Nc3cnn(C)c3)nc3ccccc32)n1. The summed E-state index contributed by atoms with van der Waals surface area (Å²) in [6.07, 6.45) is 3.58. The van der Waals surface area contributed by atoms with Crippen LogP contribution in [-0.2, 0) is 7.05 Å². The number of nitrogen functional groups attached to an aromatic ring is 1. The number of hydrogen-bond acceptors (Lipinski definition) is 7. The van der Waals surface area contributed by atoms with Crippen LogP contribution in [0.4, 0.5) is 17.6 Å². The third kappa shape index (κ3) is 2.41. The van der Waals surface area contributed by atoms with Gasteiger partial charge in [0.15, 0.2) is 0 Å². The lowest BCUT2D eigenvalue weighted by atomic mass is 10.3. The van der Waals surface area contributed by atoms with Crippen molar-refractivity contribution < 1.29 is 0 Å². The van der Waals surface area contributed by atoms with Gasteiger partial charge in [-0.05, 0) is 19.1 Å². The predicted octanol–water partition coefficient (Wildman–Crippen LogP) is 1.58. The van der Waals surface area contributed by atoms with Crippen molar-refractivity contribution in [2.24, 2.45) is 7.05 Å². The van der Waals surface area contributed by atoms with Gasteiger partial charge in [-0.3, -0.25) is 4.68 Å². The van der Waals surface area contributed by atoms with E-state index in [0.29, 0.717) is 17.7 Å². The third-order valence-electron chi connectivity index (χ3n) is 3.47. The summed E-state index contributed by atoms with van der Waals surface area (Å²) in [7, 11) is 1.85. The highest BCUT2D eigenvalue weighted by molar-refractivity contribution is 5.81. The fourth-order valence-electron chi connectivity index (χ4n) is 2.52. The smallest absolute Gasteiger partial charge is 0.242 e. The number of benzene rings is 1. The molecular formula is C15H15N9. The number of hydrogen-bond donors (Lipinski definition) is 2. The van der Waals surface area contributed by atoms with Crippen molar-refractivity contribution in [1.82, 2.24) is 34.3 Å². The van der Waals surface area contributed by atoms with E-state index < -0.39 is 0 Å². The molecule has 0 atom stereocenters. The molecule has 0 saturated heterocycles. The standard InChI is InChI=1S/C15H15N9/c1-9-18-13(16)22-14(19-9)24-12-6-4-3-5-11(12)21-15(24)20-10-7-17-23(2)8-10/h3-8H,1-2H3,(H,20,21)(H2,16,18,19,22). The quantitative estimate of drug-likeness (QED) is 0.589. The van der Waals surface area contributed by atoms with Crippen LogP contribution in [-0.4, -0.2) is 34.3 Å². The highest BCUT2D eigenvalue weighted by Crippen LogP contribution is 2.25. The zero-order valence-corrected chi connectivity index (χ0v) is 13.2. The number of nitrogens with one attached hydrogen (secondary N) is 1. The molecule has 4 rings (SSSR count). The molecule has 0 amide bonds. The van der Waals surface area contributed by atoms with Gasteiger partial charge < -0.3 is 11.1 Å². The van der Waals surface area contributed by atoms with Crippen molar-refractivity contribution >= 4 is 28.6 Å². The van der Waals surface area contributed by atoms with E-state index in [-0.39, 0.29) is 5.95 Å². The Morgan fingerprint density at radius 2 is 1.92 bits per heavy atom. The summed E-state index contributed by atoms with van der Waals surface area (Å²) in [4.78, 5) is 17.3. The maximum atomic E-state index is 5.79. The van der Waals surface area contributed by atoms with Gasteiger partial charge in [-0.25, -0.2) is 9.55 Å². The molecule has 1 aromatic carbocycles. The number of nitrogens with zero attached hydrogens (tertiary/aromatic N) is 7. The molecule has 0 bridgehead atoms. The summed E-state index contributed by atoms with van der Waals surface area (Å²) < 4.78 is 3.52.